The summed E-state index contributed by atoms with van der Waals surface area (Å²) in [5, 5.41) is 9.46. The largest absolute Gasteiger partial charge is 0.480 e. The van der Waals surface area contributed by atoms with E-state index in [9.17, 15) is 19.1 Å². The summed E-state index contributed by atoms with van der Waals surface area (Å²) >= 11 is 0. The molecule has 1 amide bonds. The fourth-order valence-electron chi connectivity index (χ4n) is 2.78. The van der Waals surface area contributed by atoms with Crippen molar-refractivity contribution in [2.75, 3.05) is 6.54 Å². The highest BCUT2D eigenvalue weighted by Gasteiger charge is 2.38. The van der Waals surface area contributed by atoms with Crippen LogP contribution in [0.2, 0.25) is 0 Å². The molecule has 0 unspecified atom stereocenters. The number of piperidine rings is 1. The number of nitrogens with zero attached hydrogens (tertiary/aromatic N) is 1. The lowest BCUT2D eigenvalue weighted by Gasteiger charge is -2.38. The molecule has 23 heavy (non-hydrogen) atoms. The van der Waals surface area contributed by atoms with Crippen molar-refractivity contribution >= 4 is 12.1 Å². The Balaban J connectivity index is 2.13. The molecule has 0 bridgehead atoms. The molecule has 5 nitrogen and oxygen atoms in total. The summed E-state index contributed by atoms with van der Waals surface area (Å²) in [7, 11) is 0. The van der Waals surface area contributed by atoms with E-state index in [1.807, 2.05) is 0 Å². The molecule has 1 aromatic carbocycles. The van der Waals surface area contributed by atoms with E-state index >= 15 is 0 Å². The summed E-state index contributed by atoms with van der Waals surface area (Å²) in [6.45, 7) is 5.53. The Morgan fingerprint density at radius 3 is 2.39 bits per heavy atom. The molecule has 1 fully saturated rings. The first-order valence-electron chi connectivity index (χ1n) is 7.65. The van der Waals surface area contributed by atoms with Crippen molar-refractivity contribution in [3.63, 3.8) is 0 Å². The van der Waals surface area contributed by atoms with Crippen LogP contribution in [0, 0.1) is 5.82 Å². The Morgan fingerprint density at radius 2 is 1.87 bits per heavy atom. The molecule has 6 heteroatoms. The number of carbonyl (C=O) groups is 2. The van der Waals surface area contributed by atoms with Gasteiger partial charge in [0.05, 0.1) is 0 Å². The molecule has 0 aromatic heterocycles. The van der Waals surface area contributed by atoms with Gasteiger partial charge in [0, 0.05) is 6.54 Å². The van der Waals surface area contributed by atoms with Crippen LogP contribution in [0.1, 0.15) is 45.1 Å². The lowest BCUT2D eigenvalue weighted by atomic mass is 9.85. The second-order valence-electron chi connectivity index (χ2n) is 6.80. The zero-order chi connectivity index (χ0) is 17.2. The van der Waals surface area contributed by atoms with Gasteiger partial charge >= 0.3 is 12.1 Å². The highest BCUT2D eigenvalue weighted by atomic mass is 19.1. The van der Waals surface area contributed by atoms with Crippen molar-refractivity contribution < 1.29 is 23.8 Å². The highest BCUT2D eigenvalue weighted by molar-refractivity contribution is 5.80. The van der Waals surface area contributed by atoms with E-state index in [1.165, 1.54) is 17.0 Å². The van der Waals surface area contributed by atoms with Crippen molar-refractivity contribution in [1.29, 1.82) is 0 Å². The summed E-state index contributed by atoms with van der Waals surface area (Å²) in [6, 6.07) is 5.13. The number of aliphatic carboxylic acids is 1. The maximum Gasteiger partial charge on any atom is 0.411 e. The summed E-state index contributed by atoms with van der Waals surface area (Å²) in [6.07, 6.45) is 0.303. The van der Waals surface area contributed by atoms with E-state index in [0.29, 0.717) is 19.4 Å². The Labute approximate surface area is 135 Å². The fraction of sp³-hybridized carbons (Fsp3) is 0.529. The average Bonchev–Trinajstić information content (AvgIpc) is 2.45. The number of carboxylic acid groups (broad SMARTS) is 1. The number of ether oxygens (including phenoxy) is 1. The normalized spacial score (nSPS) is 21.8. The van der Waals surface area contributed by atoms with Crippen LogP contribution in [0.25, 0.3) is 0 Å². The molecular formula is C17H22FNO4. The molecule has 1 aliphatic rings. The van der Waals surface area contributed by atoms with Crippen molar-refractivity contribution in [2.45, 2.75) is 51.2 Å². The quantitative estimate of drug-likeness (QED) is 0.906. The number of hydrogen-bond acceptors (Lipinski definition) is 3. The smallest absolute Gasteiger partial charge is 0.411 e. The van der Waals surface area contributed by atoms with Gasteiger partial charge < -0.3 is 9.84 Å². The first kappa shape index (κ1) is 17.2. The molecule has 1 aliphatic heterocycles. The van der Waals surface area contributed by atoms with Crippen LogP contribution in [-0.2, 0) is 9.53 Å². The third kappa shape index (κ3) is 4.43. The Kier molecular flexibility index (Phi) is 4.92. The number of hydrogen-bond donors (Lipinski definition) is 1. The summed E-state index contributed by atoms with van der Waals surface area (Å²) in [4.78, 5) is 25.0. The van der Waals surface area contributed by atoms with Gasteiger partial charge in [0.2, 0.25) is 0 Å². The minimum atomic E-state index is -1.05. The van der Waals surface area contributed by atoms with Crippen LogP contribution in [0.3, 0.4) is 0 Å². The van der Waals surface area contributed by atoms with Gasteiger partial charge in [-0.1, -0.05) is 12.1 Å². The van der Waals surface area contributed by atoms with E-state index in [-0.39, 0.29) is 11.7 Å². The van der Waals surface area contributed by atoms with Gasteiger partial charge in [0.15, 0.2) is 0 Å². The fourth-order valence-corrected chi connectivity index (χ4v) is 2.78. The molecular weight excluding hydrogens is 301 g/mol. The van der Waals surface area contributed by atoms with Crippen LogP contribution < -0.4 is 0 Å². The molecule has 2 atom stereocenters. The topological polar surface area (TPSA) is 66.8 Å². The van der Waals surface area contributed by atoms with Crippen LogP contribution in [0.15, 0.2) is 24.3 Å². The van der Waals surface area contributed by atoms with Crippen LogP contribution in [-0.4, -0.2) is 40.3 Å². The summed E-state index contributed by atoms with van der Waals surface area (Å²) in [5.74, 6) is -1.40. The second-order valence-corrected chi connectivity index (χ2v) is 6.80. The van der Waals surface area contributed by atoms with Gasteiger partial charge in [-0.2, -0.15) is 0 Å². The Bertz CT molecular complexity index is 579. The first-order valence-corrected chi connectivity index (χ1v) is 7.65. The SMILES string of the molecule is CC(C)(C)OC(=O)N1CC[C@H](c2ccc(F)cc2)C[C@@H]1C(=O)O. The number of likely N-dealkylation sites (tertiary alicyclic amines) is 1. The molecule has 2 rings (SSSR count). The third-order valence-corrected chi connectivity index (χ3v) is 3.86. The van der Waals surface area contributed by atoms with E-state index in [0.717, 1.165) is 5.56 Å². The molecule has 126 valence electrons. The first-order chi connectivity index (χ1) is 10.7. The molecule has 1 heterocycles. The molecule has 1 saturated heterocycles. The standard InChI is InChI=1S/C17H22FNO4/c1-17(2,3)23-16(22)19-9-8-12(10-14(19)15(20)21)11-4-6-13(18)7-5-11/h4-7,12,14H,8-10H2,1-3H3,(H,20,21)/t12-,14+/m0/s1. The van der Waals surface area contributed by atoms with Crippen molar-refractivity contribution in [2.24, 2.45) is 0 Å². The Morgan fingerprint density at radius 1 is 1.26 bits per heavy atom. The number of halogens is 1. The molecule has 0 aliphatic carbocycles. The highest BCUT2D eigenvalue weighted by Crippen LogP contribution is 2.32. The maximum absolute atomic E-state index is 13.0. The van der Waals surface area contributed by atoms with Gasteiger partial charge in [-0.25, -0.2) is 14.0 Å². The molecule has 0 saturated carbocycles. The Hall–Kier alpha value is -2.11. The van der Waals surface area contributed by atoms with E-state index in [1.54, 1.807) is 32.9 Å². The van der Waals surface area contributed by atoms with E-state index in [4.69, 9.17) is 4.74 Å². The van der Waals surface area contributed by atoms with Gasteiger partial charge in [-0.15, -0.1) is 0 Å². The van der Waals surface area contributed by atoms with Crippen LogP contribution in [0.5, 0.6) is 0 Å². The number of carbonyl (C=O) groups excluding carboxylic acids is 1. The summed E-state index contributed by atoms with van der Waals surface area (Å²) < 4.78 is 18.3. The number of amides is 1. The van der Waals surface area contributed by atoms with Crippen molar-refractivity contribution in [1.82, 2.24) is 4.90 Å². The minimum absolute atomic E-state index is 0.0182. The average molecular weight is 323 g/mol. The molecule has 1 N–H and O–H groups in total. The van der Waals surface area contributed by atoms with Crippen LogP contribution in [0.4, 0.5) is 9.18 Å². The second kappa shape index (κ2) is 6.56. The van der Waals surface area contributed by atoms with Gasteiger partial charge in [-0.3, -0.25) is 4.90 Å². The monoisotopic (exact) mass is 323 g/mol. The van der Waals surface area contributed by atoms with Crippen molar-refractivity contribution in [3.05, 3.63) is 35.6 Å². The third-order valence-electron chi connectivity index (χ3n) is 3.86. The zero-order valence-electron chi connectivity index (χ0n) is 13.6. The molecule has 0 spiro atoms. The predicted molar refractivity (Wildman–Crippen MR) is 82.7 cm³/mol. The lowest BCUT2D eigenvalue weighted by molar-refractivity contribution is -0.144. The number of rotatable bonds is 2. The maximum atomic E-state index is 13.0. The number of carboxylic acids is 1. The van der Waals surface area contributed by atoms with E-state index in [2.05, 4.69) is 0 Å². The van der Waals surface area contributed by atoms with Gasteiger partial charge in [-0.05, 0) is 57.2 Å². The minimum Gasteiger partial charge on any atom is -0.480 e. The van der Waals surface area contributed by atoms with E-state index < -0.39 is 23.7 Å². The zero-order valence-corrected chi connectivity index (χ0v) is 13.6. The van der Waals surface area contributed by atoms with Gasteiger partial charge in [0.1, 0.15) is 17.5 Å². The van der Waals surface area contributed by atoms with Gasteiger partial charge in [0.25, 0.3) is 0 Å². The van der Waals surface area contributed by atoms with Crippen LogP contribution >= 0.6 is 0 Å². The summed E-state index contributed by atoms with van der Waals surface area (Å²) in [5.41, 5.74) is 0.218. The number of benzene rings is 1. The molecule has 0 radical (unpaired) electrons. The molecule has 1 aromatic rings. The lowest BCUT2D eigenvalue weighted by Crippen LogP contribution is -2.51. The van der Waals surface area contributed by atoms with Crippen molar-refractivity contribution in [3.8, 4) is 0 Å². The predicted octanol–water partition coefficient (Wildman–Crippen LogP) is 3.39.